The molecule has 5 nitrogen and oxygen atoms in total. The zero-order chi connectivity index (χ0) is 29.7. The van der Waals surface area contributed by atoms with Gasteiger partial charge in [0.05, 0.1) is 11.9 Å². The van der Waals surface area contributed by atoms with Gasteiger partial charge in [0.1, 0.15) is 0 Å². The molecule has 0 spiro atoms. The smallest absolute Gasteiger partial charge is 0.171 e. The van der Waals surface area contributed by atoms with Crippen LogP contribution in [0.25, 0.3) is 5.32 Å². The summed E-state index contributed by atoms with van der Waals surface area (Å²) in [7, 11) is 0. The Labute approximate surface area is 259 Å². The van der Waals surface area contributed by atoms with Gasteiger partial charge in [0.2, 0.25) is 0 Å². The summed E-state index contributed by atoms with van der Waals surface area (Å²) in [5.74, 6) is 4.33. The molecule has 223 valence electrons. The van der Waals surface area contributed by atoms with Crippen LogP contribution in [0.2, 0.25) is 0 Å². The minimum absolute atomic E-state index is 0. The fraction of sp³-hybridized carbons (Fsp3) is 0.750. The molecule has 0 saturated carbocycles. The van der Waals surface area contributed by atoms with Crippen LogP contribution in [-0.2, 0) is 24.8 Å². The molecule has 0 bridgehead atoms. The Hall–Kier alpha value is -0.721. The zero-order valence-electron chi connectivity index (χ0n) is 27.1. The third-order valence-corrected chi connectivity index (χ3v) is 10.5. The van der Waals surface area contributed by atoms with E-state index in [1.807, 2.05) is 11.8 Å². The monoisotopic (exact) mass is 738 g/mol. The van der Waals surface area contributed by atoms with Crippen LogP contribution in [0.15, 0.2) is 39.1 Å². The number of nitrogens with zero attached hydrogens (tertiary/aromatic N) is 2. The molecule has 1 radical (unpaired) electrons. The van der Waals surface area contributed by atoms with E-state index < -0.39 is 13.0 Å². The second kappa shape index (κ2) is 15.5. The molecule has 39 heavy (non-hydrogen) atoms. The summed E-state index contributed by atoms with van der Waals surface area (Å²) in [5.41, 5.74) is 1.61. The Kier molecular flexibility index (Phi) is 11.3. The summed E-state index contributed by atoms with van der Waals surface area (Å²) in [6.07, 6.45) is 14.0. The van der Waals surface area contributed by atoms with Crippen molar-refractivity contribution in [3.8, 4) is 0 Å². The van der Waals surface area contributed by atoms with E-state index in [9.17, 15) is 10.2 Å². The second-order valence-electron chi connectivity index (χ2n) is 11.3. The number of hydrogen-bond acceptors (Lipinski definition) is 5. The van der Waals surface area contributed by atoms with Gasteiger partial charge in [-0.1, -0.05) is 53.0 Å². The molecule has 5 rings (SSSR count). The molecular formula is C32H50IrN2O3S-2. The minimum Gasteiger partial charge on any atom is -0.654 e. The standard InChI is InChI=1S/C19H24N2OS.C13H26O2.Ir/c1-11-5-6-13-12-3-2-4-15(18(12)22-19(13)21-11)17-14-8-10-23-16(14)7-9-20-17;1-5-10(6-2)12(14)9-13(15)11(7-3)8-4;/h4,7,12-14,17,19H,2-3,5-6,8-10H2,1H3;9-12,14-15H,5-8H2,1-4H3;/q-2;;/b;13-9-;/t12-,13?,14-,17+,19-;12-;/m01./s1/i1D3;;. The first kappa shape index (κ1) is 28.4. The molecule has 5 aliphatic rings. The van der Waals surface area contributed by atoms with Crippen molar-refractivity contribution in [3.05, 3.63) is 45.9 Å². The molecule has 1 unspecified atom stereocenters. The second-order valence-corrected chi connectivity index (χ2v) is 12.5. The third-order valence-electron chi connectivity index (χ3n) is 9.23. The number of allylic oxidation sites excluding steroid dienone is 2. The fourth-order valence-electron chi connectivity index (χ4n) is 6.80. The van der Waals surface area contributed by atoms with Crippen LogP contribution in [0.3, 0.4) is 0 Å². The number of aliphatic hydroxyl groups excluding tert-OH is 2. The SMILES string of the molecule is CCC(CC)/C(O)=C/[C@@H](O)C(CC)CC.[2H]C([2H])([2H])C1=N[C@H]2OC3=C([C@@H]4[N-]CC=C5SCC[C@@H]54)[CH-]CC[C@H]3C2CC1.[Ir]. The summed E-state index contributed by atoms with van der Waals surface area (Å²) in [4.78, 5) is 6.03. The molecule has 0 aromatic rings. The van der Waals surface area contributed by atoms with Crippen LogP contribution in [0.1, 0.15) is 96.4 Å². The first-order valence-corrected chi connectivity index (χ1v) is 16.0. The quantitative estimate of drug-likeness (QED) is 0.195. The number of hydrogen-bond donors (Lipinski definition) is 2. The number of aliphatic imine (C=N–C) groups is 1. The van der Waals surface area contributed by atoms with Crippen molar-refractivity contribution in [1.29, 1.82) is 0 Å². The minimum atomic E-state index is -2.09. The molecule has 2 N–H and O–H groups in total. The van der Waals surface area contributed by atoms with Gasteiger partial charge < -0.3 is 20.3 Å². The van der Waals surface area contributed by atoms with E-state index in [4.69, 9.17) is 14.2 Å². The van der Waals surface area contributed by atoms with Crippen LogP contribution >= 0.6 is 11.8 Å². The van der Waals surface area contributed by atoms with Gasteiger partial charge in [-0.2, -0.15) is 5.57 Å². The Balaban J connectivity index is 0.000000263. The summed E-state index contributed by atoms with van der Waals surface area (Å²) < 4.78 is 29.3. The number of fused-ring (bicyclic) bond motifs is 4. The van der Waals surface area contributed by atoms with Crippen LogP contribution in [0.5, 0.6) is 0 Å². The topological polar surface area (TPSA) is 76.2 Å². The van der Waals surface area contributed by atoms with Gasteiger partial charge in [0.25, 0.3) is 0 Å². The van der Waals surface area contributed by atoms with E-state index >= 15 is 0 Å². The maximum Gasteiger partial charge on any atom is 0.171 e. The number of rotatable bonds is 8. The van der Waals surface area contributed by atoms with Crippen molar-refractivity contribution in [3.63, 3.8) is 0 Å². The third kappa shape index (κ3) is 7.57. The van der Waals surface area contributed by atoms with Crippen LogP contribution in [0.4, 0.5) is 0 Å². The Morgan fingerprint density at radius 3 is 2.67 bits per heavy atom. The number of aliphatic hydroxyl groups is 2. The van der Waals surface area contributed by atoms with Gasteiger partial charge in [-0.05, 0) is 79.2 Å². The Bertz CT molecular complexity index is 1020. The van der Waals surface area contributed by atoms with E-state index in [1.54, 1.807) is 6.08 Å². The Morgan fingerprint density at radius 1 is 1.21 bits per heavy atom. The van der Waals surface area contributed by atoms with E-state index in [1.165, 1.54) is 22.7 Å². The van der Waals surface area contributed by atoms with Crippen molar-refractivity contribution >= 4 is 17.5 Å². The van der Waals surface area contributed by atoms with Crippen molar-refractivity contribution in [1.82, 2.24) is 0 Å². The molecule has 7 heteroatoms. The summed E-state index contributed by atoms with van der Waals surface area (Å²) in [6, 6.07) is 0.217. The van der Waals surface area contributed by atoms with E-state index in [0.717, 1.165) is 57.2 Å². The van der Waals surface area contributed by atoms with Crippen LogP contribution in [0, 0.1) is 36.0 Å². The van der Waals surface area contributed by atoms with Crippen molar-refractivity contribution in [2.75, 3.05) is 12.3 Å². The van der Waals surface area contributed by atoms with Gasteiger partial charge >= 0.3 is 0 Å². The largest absolute Gasteiger partial charge is 0.654 e. The first-order valence-electron chi connectivity index (χ1n) is 16.5. The zero-order valence-corrected chi connectivity index (χ0v) is 27.3. The predicted molar refractivity (Wildman–Crippen MR) is 160 cm³/mol. The van der Waals surface area contributed by atoms with E-state index in [0.29, 0.717) is 35.6 Å². The van der Waals surface area contributed by atoms with Crippen molar-refractivity contribution in [2.24, 2.45) is 34.6 Å². The summed E-state index contributed by atoms with van der Waals surface area (Å²) >= 11 is 1.98. The van der Waals surface area contributed by atoms with Gasteiger partial charge in [-0.3, -0.25) is 4.99 Å². The molecular weight excluding hydrogens is 685 g/mol. The number of ether oxygens (including phenoxy) is 1. The van der Waals surface area contributed by atoms with Gasteiger partial charge in [-0.15, -0.1) is 30.8 Å². The Morgan fingerprint density at radius 2 is 1.97 bits per heavy atom. The summed E-state index contributed by atoms with van der Waals surface area (Å²) in [6.45, 7) is 6.96. The number of thioether (sulfide) groups is 1. The maximum atomic E-state index is 9.88. The average Bonchev–Trinajstić information content (AvgIpc) is 3.58. The molecule has 0 amide bonds. The van der Waals surface area contributed by atoms with E-state index in [-0.39, 0.29) is 44.2 Å². The van der Waals surface area contributed by atoms with Crippen molar-refractivity contribution < 1.29 is 39.2 Å². The molecule has 4 aliphatic heterocycles. The van der Waals surface area contributed by atoms with Crippen molar-refractivity contribution in [2.45, 2.75) is 111 Å². The normalized spacial score (nSPS) is 32.0. The van der Waals surface area contributed by atoms with Crippen LogP contribution in [-0.4, -0.2) is 46.6 Å². The molecule has 0 aromatic heterocycles. The summed E-state index contributed by atoms with van der Waals surface area (Å²) in [5, 5.41) is 24.6. The molecule has 6 atom stereocenters. The maximum absolute atomic E-state index is 9.88. The first-order chi connectivity index (χ1) is 19.6. The van der Waals surface area contributed by atoms with Gasteiger partial charge in [-0.25, -0.2) is 6.42 Å². The van der Waals surface area contributed by atoms with Crippen LogP contribution < -0.4 is 0 Å². The predicted octanol–water partition coefficient (Wildman–Crippen LogP) is 8.13. The molecule has 4 heterocycles. The molecule has 2 fully saturated rings. The molecule has 2 saturated heterocycles. The van der Waals surface area contributed by atoms with Gasteiger partial charge in [0.15, 0.2) is 6.23 Å². The molecule has 1 aliphatic carbocycles. The molecule has 0 aromatic carbocycles. The average molecular weight is 738 g/mol. The van der Waals surface area contributed by atoms with E-state index in [2.05, 4.69) is 45.2 Å². The fourth-order valence-corrected chi connectivity index (χ4v) is 8.06. The van der Waals surface area contributed by atoms with Gasteiger partial charge in [0, 0.05) is 41.8 Å².